The Bertz CT molecular complexity index is 858. The minimum absolute atomic E-state index is 0.250. The summed E-state index contributed by atoms with van der Waals surface area (Å²) in [6.45, 7) is 0. The summed E-state index contributed by atoms with van der Waals surface area (Å²) in [5.41, 5.74) is 1.94. The van der Waals surface area contributed by atoms with Crippen molar-refractivity contribution in [3.63, 3.8) is 0 Å². The molecule has 0 saturated carbocycles. The molecule has 4 N–H and O–H groups in total. The molecule has 2 heterocycles. The third-order valence-corrected chi connectivity index (χ3v) is 2.64. The smallest absolute Gasteiger partial charge is 0.323 e. The summed E-state index contributed by atoms with van der Waals surface area (Å²) in [5.74, 6) is 0.941. The van der Waals surface area contributed by atoms with E-state index in [1.54, 1.807) is 24.4 Å². The maximum absolute atomic E-state index is 11.2. The van der Waals surface area contributed by atoms with E-state index in [0.29, 0.717) is 17.2 Å². The first kappa shape index (κ1) is 11.7. The average molecular weight is 267 g/mol. The first-order chi connectivity index (χ1) is 9.74. The summed E-state index contributed by atoms with van der Waals surface area (Å²) in [5, 5.41) is 14.0. The number of rotatable bonds is 3. The van der Waals surface area contributed by atoms with E-state index in [2.05, 4.69) is 30.6 Å². The molecule has 3 aromatic rings. The Morgan fingerprint density at radius 1 is 1.10 bits per heavy atom. The third kappa shape index (κ3) is 2.28. The molecule has 0 radical (unpaired) electrons. The van der Waals surface area contributed by atoms with Gasteiger partial charge in [0.2, 0.25) is 0 Å². The van der Waals surface area contributed by atoms with Crippen LogP contribution in [-0.2, 0) is 0 Å². The van der Waals surface area contributed by atoms with Crippen LogP contribution in [0.15, 0.2) is 35.4 Å². The summed E-state index contributed by atoms with van der Waals surface area (Å²) in [6, 6.07) is 6.98. The molecule has 98 valence electrons. The molecule has 8 heteroatoms. The second kappa shape index (κ2) is 4.74. The van der Waals surface area contributed by atoms with Crippen LogP contribution in [0, 0.1) is 11.5 Å². The van der Waals surface area contributed by atoms with Gasteiger partial charge in [0.1, 0.15) is 18.0 Å². The lowest BCUT2D eigenvalue weighted by Crippen LogP contribution is -1.99. The van der Waals surface area contributed by atoms with Crippen molar-refractivity contribution in [2.75, 3.05) is 10.6 Å². The van der Waals surface area contributed by atoms with Crippen molar-refractivity contribution < 1.29 is 0 Å². The fourth-order valence-corrected chi connectivity index (χ4v) is 1.81. The van der Waals surface area contributed by atoms with Crippen molar-refractivity contribution in [2.45, 2.75) is 0 Å². The first-order valence-electron chi connectivity index (χ1n) is 5.71. The first-order valence-corrected chi connectivity index (χ1v) is 5.71. The number of aromatic nitrogens is 4. The zero-order chi connectivity index (χ0) is 13.9. The topological polar surface area (TPSA) is 122 Å². The molecule has 2 aromatic heterocycles. The van der Waals surface area contributed by atoms with Gasteiger partial charge in [0.05, 0.1) is 11.0 Å². The molecule has 0 fully saturated rings. The number of fused-ring (bicyclic) bond motifs is 1. The van der Waals surface area contributed by atoms with Gasteiger partial charge in [-0.3, -0.25) is 5.32 Å². The second-order valence-corrected chi connectivity index (χ2v) is 3.99. The van der Waals surface area contributed by atoms with Gasteiger partial charge in [0.15, 0.2) is 6.19 Å². The second-order valence-electron chi connectivity index (χ2n) is 3.99. The van der Waals surface area contributed by atoms with Crippen LogP contribution >= 0.6 is 0 Å². The number of aromatic amines is 2. The van der Waals surface area contributed by atoms with Crippen LogP contribution in [0.25, 0.3) is 11.0 Å². The van der Waals surface area contributed by atoms with Gasteiger partial charge < -0.3 is 15.3 Å². The van der Waals surface area contributed by atoms with E-state index in [1.165, 1.54) is 6.33 Å². The van der Waals surface area contributed by atoms with Crippen molar-refractivity contribution in [3.8, 4) is 6.19 Å². The highest BCUT2D eigenvalue weighted by Crippen LogP contribution is 2.19. The maximum Gasteiger partial charge on any atom is 0.323 e. The summed E-state index contributed by atoms with van der Waals surface area (Å²) in [6.07, 6.45) is 3.14. The third-order valence-electron chi connectivity index (χ3n) is 2.64. The van der Waals surface area contributed by atoms with Crippen LogP contribution in [0.4, 0.5) is 17.3 Å². The molecular formula is C12H9N7O. The van der Waals surface area contributed by atoms with E-state index in [1.807, 2.05) is 6.07 Å². The summed E-state index contributed by atoms with van der Waals surface area (Å²) >= 11 is 0. The number of hydrogen-bond donors (Lipinski definition) is 4. The highest BCUT2D eigenvalue weighted by atomic mass is 16.1. The number of nitrogens with one attached hydrogen (secondary N) is 4. The minimum Gasteiger partial charge on any atom is -0.340 e. The Labute approximate surface area is 112 Å². The number of H-pyrrole nitrogens is 2. The SMILES string of the molecule is N#CNc1cc(Nc2ccc3[nH]c(=O)[nH]c3c2)ncn1. The van der Waals surface area contributed by atoms with E-state index in [9.17, 15) is 4.79 Å². The molecule has 0 bridgehead atoms. The number of nitriles is 1. The fourth-order valence-electron chi connectivity index (χ4n) is 1.81. The zero-order valence-electron chi connectivity index (χ0n) is 10.1. The number of hydrogen-bond acceptors (Lipinski definition) is 6. The van der Waals surface area contributed by atoms with E-state index in [0.717, 1.165) is 11.2 Å². The molecule has 0 aliphatic rings. The molecule has 0 aliphatic heterocycles. The molecular weight excluding hydrogens is 258 g/mol. The largest absolute Gasteiger partial charge is 0.340 e. The molecule has 0 atom stereocenters. The van der Waals surface area contributed by atoms with Gasteiger partial charge in [-0.2, -0.15) is 5.26 Å². The Morgan fingerprint density at radius 2 is 1.90 bits per heavy atom. The van der Waals surface area contributed by atoms with Crippen molar-refractivity contribution in [3.05, 3.63) is 41.1 Å². The Balaban J connectivity index is 1.90. The van der Waals surface area contributed by atoms with E-state index < -0.39 is 0 Å². The molecule has 8 nitrogen and oxygen atoms in total. The molecule has 0 saturated heterocycles. The van der Waals surface area contributed by atoms with Crippen molar-refractivity contribution in [1.29, 1.82) is 5.26 Å². The van der Waals surface area contributed by atoms with Crippen LogP contribution < -0.4 is 16.3 Å². The van der Waals surface area contributed by atoms with Crippen LogP contribution in [0.2, 0.25) is 0 Å². The molecule has 0 amide bonds. The molecule has 0 unspecified atom stereocenters. The van der Waals surface area contributed by atoms with Crippen LogP contribution in [0.1, 0.15) is 0 Å². The maximum atomic E-state index is 11.2. The van der Waals surface area contributed by atoms with Crippen LogP contribution in [-0.4, -0.2) is 19.9 Å². The van der Waals surface area contributed by atoms with Crippen molar-refractivity contribution >= 4 is 28.4 Å². The van der Waals surface area contributed by atoms with Crippen molar-refractivity contribution in [1.82, 2.24) is 19.9 Å². The van der Waals surface area contributed by atoms with Crippen LogP contribution in [0.3, 0.4) is 0 Å². The van der Waals surface area contributed by atoms with E-state index >= 15 is 0 Å². The van der Waals surface area contributed by atoms with Crippen molar-refractivity contribution in [2.24, 2.45) is 0 Å². The Morgan fingerprint density at radius 3 is 2.75 bits per heavy atom. The molecule has 0 aliphatic carbocycles. The highest BCUT2D eigenvalue weighted by Gasteiger charge is 2.02. The van der Waals surface area contributed by atoms with Crippen LogP contribution in [0.5, 0.6) is 0 Å². The summed E-state index contributed by atoms with van der Waals surface area (Å²) in [7, 11) is 0. The Kier molecular flexibility index (Phi) is 2.78. The lowest BCUT2D eigenvalue weighted by molar-refractivity contribution is 1.17. The minimum atomic E-state index is -0.250. The Hall–Kier alpha value is -3.34. The van der Waals surface area contributed by atoms with Gasteiger partial charge in [-0.05, 0) is 18.2 Å². The monoisotopic (exact) mass is 267 g/mol. The van der Waals surface area contributed by atoms with Gasteiger partial charge >= 0.3 is 5.69 Å². The van der Waals surface area contributed by atoms with E-state index in [4.69, 9.17) is 5.26 Å². The standard InChI is InChI=1S/C12H9N7O/c13-5-14-10-4-11(16-6-15-10)17-7-1-2-8-9(3-7)19-12(20)18-8/h1-4,6H,(H2,18,19,20)(H2,14,15,16,17). The zero-order valence-corrected chi connectivity index (χ0v) is 10.1. The van der Waals surface area contributed by atoms with E-state index in [-0.39, 0.29) is 5.69 Å². The molecule has 0 spiro atoms. The van der Waals surface area contributed by atoms with Gasteiger partial charge in [0.25, 0.3) is 0 Å². The van der Waals surface area contributed by atoms with Gasteiger partial charge in [-0.15, -0.1) is 0 Å². The quantitative estimate of drug-likeness (QED) is 0.419. The summed E-state index contributed by atoms with van der Waals surface area (Å²) in [4.78, 5) is 24.5. The number of anilines is 3. The molecule has 3 rings (SSSR count). The van der Waals surface area contributed by atoms with Gasteiger partial charge in [-0.25, -0.2) is 14.8 Å². The molecule has 1 aromatic carbocycles. The lowest BCUT2D eigenvalue weighted by atomic mass is 10.3. The highest BCUT2D eigenvalue weighted by molar-refractivity contribution is 5.79. The van der Waals surface area contributed by atoms with Gasteiger partial charge in [0, 0.05) is 11.8 Å². The normalized spacial score (nSPS) is 10.2. The predicted molar refractivity (Wildman–Crippen MR) is 73.5 cm³/mol. The number of imidazole rings is 1. The number of benzene rings is 1. The van der Waals surface area contributed by atoms with Gasteiger partial charge in [-0.1, -0.05) is 0 Å². The number of nitrogens with zero attached hydrogens (tertiary/aromatic N) is 3. The average Bonchev–Trinajstić information content (AvgIpc) is 2.79. The summed E-state index contributed by atoms with van der Waals surface area (Å²) < 4.78 is 0. The molecule has 20 heavy (non-hydrogen) atoms. The predicted octanol–water partition coefficient (Wildman–Crippen LogP) is 1.28. The lowest BCUT2D eigenvalue weighted by Gasteiger charge is -2.06. The fraction of sp³-hybridized carbons (Fsp3) is 0.